The molecule has 0 bridgehead atoms. The van der Waals surface area contributed by atoms with Crippen LogP contribution in [-0.4, -0.2) is 44.2 Å². The number of pyridine rings is 1. The minimum atomic E-state index is -4.40. The summed E-state index contributed by atoms with van der Waals surface area (Å²) in [6.07, 6.45) is -1.74. The standard InChI is InChI=1S/C18H20F3N5O/c1-11-7-14(25(2)24-11)16(27)26-9-13-5-6-17(13,10-26)23-15-4-3-12(8-22-15)18(19,20)21/h3-4,7-8,13H,5-6,9-10H2,1-2H3,(H,22,23). The summed E-state index contributed by atoms with van der Waals surface area (Å²) < 4.78 is 39.7. The quantitative estimate of drug-likeness (QED) is 0.891. The van der Waals surface area contributed by atoms with E-state index in [1.54, 1.807) is 22.7 Å². The van der Waals surface area contributed by atoms with Crippen LogP contribution in [0.15, 0.2) is 24.4 Å². The normalized spacial score (nSPS) is 24.5. The molecule has 3 heterocycles. The fraction of sp³-hybridized carbons (Fsp3) is 0.500. The third-order valence-corrected chi connectivity index (χ3v) is 5.61. The Labute approximate surface area is 154 Å². The van der Waals surface area contributed by atoms with Crippen molar-refractivity contribution in [2.45, 2.75) is 31.5 Å². The summed E-state index contributed by atoms with van der Waals surface area (Å²) >= 11 is 0. The molecule has 1 aliphatic heterocycles. The molecule has 2 fully saturated rings. The van der Waals surface area contributed by atoms with Crippen LogP contribution in [0.1, 0.15) is 34.6 Å². The van der Waals surface area contributed by atoms with E-state index < -0.39 is 11.7 Å². The van der Waals surface area contributed by atoms with Gasteiger partial charge in [-0.05, 0) is 38.0 Å². The Balaban J connectivity index is 1.49. The van der Waals surface area contributed by atoms with Crippen LogP contribution < -0.4 is 5.32 Å². The molecule has 2 aliphatic rings. The van der Waals surface area contributed by atoms with Gasteiger partial charge in [0.15, 0.2) is 0 Å². The lowest BCUT2D eigenvalue weighted by Gasteiger charge is -2.44. The van der Waals surface area contributed by atoms with E-state index in [1.165, 1.54) is 6.07 Å². The number of aryl methyl sites for hydroxylation is 2. The average Bonchev–Trinajstić information content (AvgIpc) is 3.05. The maximum atomic E-state index is 12.8. The number of aromatic nitrogens is 3. The van der Waals surface area contributed by atoms with Gasteiger partial charge in [-0.25, -0.2) is 4.98 Å². The van der Waals surface area contributed by atoms with E-state index in [0.29, 0.717) is 24.6 Å². The van der Waals surface area contributed by atoms with Gasteiger partial charge in [-0.15, -0.1) is 0 Å². The summed E-state index contributed by atoms with van der Waals surface area (Å²) in [6, 6.07) is 4.14. The number of nitrogens with one attached hydrogen (secondary N) is 1. The largest absolute Gasteiger partial charge is 0.417 e. The average molecular weight is 379 g/mol. The van der Waals surface area contributed by atoms with Crippen molar-refractivity contribution in [2.24, 2.45) is 13.0 Å². The number of halogens is 3. The van der Waals surface area contributed by atoms with Crippen LogP contribution in [0.3, 0.4) is 0 Å². The molecule has 1 N–H and O–H groups in total. The SMILES string of the molecule is Cc1cc(C(=O)N2CC3CCC3(Nc3ccc(C(F)(F)F)cn3)C2)n(C)n1. The summed E-state index contributed by atoms with van der Waals surface area (Å²) in [4.78, 5) is 18.6. The van der Waals surface area contributed by atoms with Gasteiger partial charge in [0.25, 0.3) is 5.91 Å². The zero-order valence-electron chi connectivity index (χ0n) is 15.0. The highest BCUT2D eigenvalue weighted by Crippen LogP contribution is 2.46. The van der Waals surface area contributed by atoms with Crippen molar-refractivity contribution >= 4 is 11.7 Å². The van der Waals surface area contributed by atoms with E-state index >= 15 is 0 Å². The van der Waals surface area contributed by atoms with Crippen LogP contribution >= 0.6 is 0 Å². The molecule has 2 aromatic heterocycles. The highest BCUT2D eigenvalue weighted by atomic mass is 19.4. The molecule has 6 nitrogen and oxygen atoms in total. The summed E-state index contributed by atoms with van der Waals surface area (Å²) in [7, 11) is 1.74. The molecule has 0 aromatic carbocycles. The number of likely N-dealkylation sites (tertiary alicyclic amines) is 1. The summed E-state index contributed by atoms with van der Waals surface area (Å²) in [5, 5.41) is 7.52. The van der Waals surface area contributed by atoms with Gasteiger partial charge in [-0.2, -0.15) is 18.3 Å². The number of nitrogens with zero attached hydrogens (tertiary/aromatic N) is 4. The Hall–Kier alpha value is -2.58. The van der Waals surface area contributed by atoms with E-state index in [0.717, 1.165) is 30.8 Å². The second-order valence-corrected chi connectivity index (χ2v) is 7.43. The molecule has 1 saturated heterocycles. The summed E-state index contributed by atoms with van der Waals surface area (Å²) in [5.41, 5.74) is 0.225. The molecule has 2 atom stereocenters. The van der Waals surface area contributed by atoms with Gasteiger partial charge in [-0.1, -0.05) is 0 Å². The zero-order chi connectivity index (χ0) is 19.4. The first-order valence-electron chi connectivity index (χ1n) is 8.79. The molecule has 27 heavy (non-hydrogen) atoms. The second-order valence-electron chi connectivity index (χ2n) is 7.43. The molecular weight excluding hydrogens is 359 g/mol. The molecule has 4 rings (SSSR count). The predicted molar refractivity (Wildman–Crippen MR) is 92.2 cm³/mol. The van der Waals surface area contributed by atoms with Crippen LogP contribution in [-0.2, 0) is 13.2 Å². The van der Waals surface area contributed by atoms with Crippen LogP contribution in [0.5, 0.6) is 0 Å². The molecule has 9 heteroatoms. The van der Waals surface area contributed by atoms with Crippen LogP contribution in [0.2, 0.25) is 0 Å². The van der Waals surface area contributed by atoms with E-state index in [2.05, 4.69) is 15.4 Å². The number of amides is 1. The maximum absolute atomic E-state index is 12.8. The van der Waals surface area contributed by atoms with Crippen molar-refractivity contribution in [2.75, 3.05) is 18.4 Å². The molecule has 0 radical (unpaired) electrons. The molecule has 2 aromatic rings. The van der Waals surface area contributed by atoms with Gasteiger partial charge >= 0.3 is 6.18 Å². The molecular formula is C18H20F3N5O. The highest BCUT2D eigenvalue weighted by molar-refractivity contribution is 5.93. The summed E-state index contributed by atoms with van der Waals surface area (Å²) in [6.45, 7) is 2.96. The number of hydrogen-bond acceptors (Lipinski definition) is 4. The highest BCUT2D eigenvalue weighted by Gasteiger charge is 2.54. The molecule has 144 valence electrons. The van der Waals surface area contributed by atoms with Crippen molar-refractivity contribution in [3.63, 3.8) is 0 Å². The van der Waals surface area contributed by atoms with Gasteiger partial charge in [0.2, 0.25) is 0 Å². The monoisotopic (exact) mass is 379 g/mol. The van der Waals surface area contributed by atoms with Crippen molar-refractivity contribution in [3.05, 3.63) is 41.3 Å². The minimum Gasteiger partial charge on any atom is -0.363 e. The van der Waals surface area contributed by atoms with Crippen LogP contribution in [0.25, 0.3) is 0 Å². The van der Waals surface area contributed by atoms with Crippen LogP contribution in [0.4, 0.5) is 19.0 Å². The Bertz CT molecular complexity index is 876. The second kappa shape index (κ2) is 5.97. The molecule has 0 spiro atoms. The van der Waals surface area contributed by atoms with Crippen molar-refractivity contribution < 1.29 is 18.0 Å². The first kappa shape index (κ1) is 17.8. The predicted octanol–water partition coefficient (Wildman–Crippen LogP) is 2.86. The molecule has 2 unspecified atom stereocenters. The lowest BCUT2D eigenvalue weighted by atomic mass is 9.69. The molecule has 1 aliphatic carbocycles. The Morgan fingerprint density at radius 1 is 1.37 bits per heavy atom. The number of carbonyl (C=O) groups excluding carboxylic acids is 1. The maximum Gasteiger partial charge on any atom is 0.417 e. The fourth-order valence-electron chi connectivity index (χ4n) is 4.06. The zero-order valence-corrected chi connectivity index (χ0v) is 15.0. The molecule has 1 amide bonds. The Kier molecular flexibility index (Phi) is 3.94. The van der Waals surface area contributed by atoms with Crippen molar-refractivity contribution in [1.82, 2.24) is 19.7 Å². The van der Waals surface area contributed by atoms with Crippen molar-refractivity contribution in [1.29, 1.82) is 0 Å². The Morgan fingerprint density at radius 3 is 2.67 bits per heavy atom. The lowest BCUT2D eigenvalue weighted by Crippen LogP contribution is -2.53. The number of fused-ring (bicyclic) bond motifs is 1. The van der Waals surface area contributed by atoms with Crippen LogP contribution in [0, 0.1) is 12.8 Å². The first-order chi connectivity index (χ1) is 12.7. The van der Waals surface area contributed by atoms with Crippen molar-refractivity contribution in [3.8, 4) is 0 Å². The van der Waals surface area contributed by atoms with Gasteiger partial charge in [0.1, 0.15) is 11.5 Å². The van der Waals surface area contributed by atoms with Gasteiger partial charge in [0, 0.05) is 32.3 Å². The topological polar surface area (TPSA) is 63.1 Å². The Morgan fingerprint density at radius 2 is 2.15 bits per heavy atom. The lowest BCUT2D eigenvalue weighted by molar-refractivity contribution is -0.137. The minimum absolute atomic E-state index is 0.0750. The van der Waals surface area contributed by atoms with E-state index in [9.17, 15) is 18.0 Å². The number of carbonyl (C=O) groups is 1. The van der Waals surface area contributed by atoms with E-state index in [-0.39, 0.29) is 17.4 Å². The number of alkyl halides is 3. The van der Waals surface area contributed by atoms with Gasteiger partial charge < -0.3 is 10.2 Å². The smallest absolute Gasteiger partial charge is 0.363 e. The van der Waals surface area contributed by atoms with E-state index in [1.807, 2.05) is 6.92 Å². The third kappa shape index (κ3) is 3.04. The number of rotatable bonds is 3. The van der Waals surface area contributed by atoms with Gasteiger partial charge in [0.05, 0.1) is 16.8 Å². The number of hydrogen-bond donors (Lipinski definition) is 1. The fourth-order valence-corrected chi connectivity index (χ4v) is 4.06. The summed E-state index contributed by atoms with van der Waals surface area (Å²) in [5.74, 6) is 0.590. The van der Waals surface area contributed by atoms with Gasteiger partial charge in [-0.3, -0.25) is 9.48 Å². The third-order valence-electron chi connectivity index (χ3n) is 5.61. The first-order valence-corrected chi connectivity index (χ1v) is 8.79. The van der Waals surface area contributed by atoms with E-state index in [4.69, 9.17) is 0 Å². The number of anilines is 1. The molecule has 1 saturated carbocycles.